The Morgan fingerprint density at radius 2 is 2.13 bits per heavy atom. The van der Waals surface area contributed by atoms with Gasteiger partial charge < -0.3 is 19.8 Å². The number of fused-ring (bicyclic) bond motifs is 2. The summed E-state index contributed by atoms with van der Waals surface area (Å²) in [5, 5.41) is 3.77. The molecule has 1 saturated carbocycles. The number of aromatic amines is 1. The molecule has 2 aliphatic heterocycles. The van der Waals surface area contributed by atoms with Crippen LogP contribution in [-0.2, 0) is 4.74 Å². The third-order valence-corrected chi connectivity index (χ3v) is 6.65. The number of benzene rings is 2. The van der Waals surface area contributed by atoms with Crippen LogP contribution < -0.4 is 10.1 Å². The van der Waals surface area contributed by atoms with Gasteiger partial charge in [-0.05, 0) is 38.0 Å². The third-order valence-electron chi connectivity index (χ3n) is 6.65. The van der Waals surface area contributed by atoms with Crippen LogP contribution >= 0.6 is 0 Å². The first-order valence-corrected chi connectivity index (χ1v) is 11.2. The van der Waals surface area contributed by atoms with Gasteiger partial charge in [0.15, 0.2) is 0 Å². The summed E-state index contributed by atoms with van der Waals surface area (Å²) in [5.74, 6) is 1.98. The monoisotopic (exact) mass is 422 g/mol. The molecule has 0 bridgehead atoms. The minimum absolute atomic E-state index is 0.0404. The Hall–Kier alpha value is -2.64. The predicted octanol–water partition coefficient (Wildman–Crippen LogP) is 4.21. The Labute approximate surface area is 180 Å². The van der Waals surface area contributed by atoms with Crippen LogP contribution in [0, 0.1) is 5.82 Å². The molecule has 7 heteroatoms. The Balaban J connectivity index is 1.39. The second-order valence-electron chi connectivity index (χ2n) is 8.96. The lowest BCUT2D eigenvalue weighted by Crippen LogP contribution is -2.54. The highest BCUT2D eigenvalue weighted by Gasteiger charge is 2.37. The number of halogens is 1. The first-order chi connectivity index (χ1) is 15.2. The largest absolute Gasteiger partial charge is 0.491 e. The van der Waals surface area contributed by atoms with Crippen LogP contribution in [0.25, 0.3) is 11.0 Å². The molecular weight excluding hydrogens is 395 g/mol. The van der Waals surface area contributed by atoms with Crippen LogP contribution in [0.4, 0.5) is 10.1 Å². The van der Waals surface area contributed by atoms with E-state index in [0.717, 1.165) is 41.2 Å². The van der Waals surface area contributed by atoms with E-state index in [0.29, 0.717) is 24.9 Å². The fraction of sp³-hybridized carbons (Fsp3) is 0.458. The molecule has 0 radical (unpaired) electrons. The fourth-order valence-corrected chi connectivity index (χ4v) is 4.89. The molecule has 2 N–H and O–H groups in total. The Bertz CT molecular complexity index is 1110. The van der Waals surface area contributed by atoms with Crippen molar-refractivity contribution >= 4 is 16.7 Å². The lowest BCUT2D eigenvalue weighted by atomic mass is 9.94. The number of nitrogens with one attached hydrogen (secondary N) is 2. The zero-order valence-electron chi connectivity index (χ0n) is 17.6. The maximum absolute atomic E-state index is 13.9. The molecular formula is C24H27FN4O2. The van der Waals surface area contributed by atoms with E-state index in [1.807, 2.05) is 6.07 Å². The van der Waals surface area contributed by atoms with Crippen molar-refractivity contribution in [1.82, 2.24) is 14.9 Å². The first-order valence-electron chi connectivity index (χ1n) is 11.2. The van der Waals surface area contributed by atoms with Crippen LogP contribution in [0.2, 0.25) is 0 Å². The van der Waals surface area contributed by atoms with Gasteiger partial charge in [-0.3, -0.25) is 4.90 Å². The second kappa shape index (κ2) is 7.50. The van der Waals surface area contributed by atoms with Crippen molar-refractivity contribution in [2.45, 2.75) is 43.9 Å². The standard InChI is InChI=1S/C24H27FN4O2/c1-14-12-29(9-10-30-14)20-13-31-21-11-16(25)7-8-17(21)22(20)26-18-3-2-4-19-23(18)28-24(27-19)15-5-6-15/h2-4,7-8,11,14-15,20,22,26H,5-6,9-10,12-13H2,1H3,(H,27,28). The molecule has 0 spiro atoms. The highest BCUT2D eigenvalue weighted by Crippen LogP contribution is 2.41. The molecule has 0 amide bonds. The van der Waals surface area contributed by atoms with Crippen molar-refractivity contribution < 1.29 is 13.9 Å². The number of nitrogens with zero attached hydrogens (tertiary/aromatic N) is 2. The van der Waals surface area contributed by atoms with Gasteiger partial charge in [-0.2, -0.15) is 0 Å². The average molecular weight is 423 g/mol. The summed E-state index contributed by atoms with van der Waals surface area (Å²) in [5.41, 5.74) is 3.99. The van der Waals surface area contributed by atoms with E-state index in [-0.39, 0.29) is 24.0 Å². The minimum atomic E-state index is -0.278. The molecule has 6 nitrogen and oxygen atoms in total. The molecule has 6 rings (SSSR count). The van der Waals surface area contributed by atoms with Crippen molar-refractivity contribution in [3.63, 3.8) is 0 Å². The van der Waals surface area contributed by atoms with Gasteiger partial charge in [-0.15, -0.1) is 0 Å². The molecule has 31 heavy (non-hydrogen) atoms. The summed E-state index contributed by atoms with van der Waals surface area (Å²) in [7, 11) is 0. The zero-order valence-corrected chi connectivity index (χ0v) is 17.6. The summed E-state index contributed by atoms with van der Waals surface area (Å²) < 4.78 is 25.7. The average Bonchev–Trinajstić information content (AvgIpc) is 3.52. The molecule has 3 unspecified atom stereocenters. The van der Waals surface area contributed by atoms with E-state index < -0.39 is 0 Å². The number of rotatable bonds is 4. The van der Waals surface area contributed by atoms with Crippen LogP contribution in [0.3, 0.4) is 0 Å². The Morgan fingerprint density at radius 1 is 1.23 bits per heavy atom. The van der Waals surface area contributed by atoms with E-state index >= 15 is 0 Å². The molecule has 1 aliphatic carbocycles. The normalized spacial score (nSPS) is 26.5. The number of para-hydroxylation sites is 1. The summed E-state index contributed by atoms with van der Waals surface area (Å²) >= 11 is 0. The van der Waals surface area contributed by atoms with E-state index in [9.17, 15) is 4.39 Å². The molecule has 162 valence electrons. The fourth-order valence-electron chi connectivity index (χ4n) is 4.89. The van der Waals surface area contributed by atoms with Gasteiger partial charge in [0.05, 0.1) is 36.0 Å². The number of hydrogen-bond donors (Lipinski definition) is 2. The molecule has 1 aromatic heterocycles. The molecule has 2 aromatic carbocycles. The number of hydrogen-bond acceptors (Lipinski definition) is 5. The Morgan fingerprint density at radius 3 is 2.97 bits per heavy atom. The lowest BCUT2D eigenvalue weighted by Gasteiger charge is -2.44. The van der Waals surface area contributed by atoms with Crippen molar-refractivity contribution in [2.75, 3.05) is 31.6 Å². The van der Waals surface area contributed by atoms with Crippen molar-refractivity contribution in [3.8, 4) is 5.75 Å². The summed E-state index contributed by atoms with van der Waals surface area (Å²) in [4.78, 5) is 10.8. The molecule has 3 aromatic rings. The molecule has 3 aliphatic rings. The highest BCUT2D eigenvalue weighted by molar-refractivity contribution is 5.88. The van der Waals surface area contributed by atoms with Gasteiger partial charge in [-0.25, -0.2) is 9.37 Å². The molecule has 1 saturated heterocycles. The molecule has 3 heterocycles. The third kappa shape index (κ3) is 3.55. The van der Waals surface area contributed by atoms with Gasteiger partial charge in [-0.1, -0.05) is 12.1 Å². The topological polar surface area (TPSA) is 62.4 Å². The van der Waals surface area contributed by atoms with E-state index in [1.165, 1.54) is 25.0 Å². The van der Waals surface area contributed by atoms with Gasteiger partial charge >= 0.3 is 0 Å². The van der Waals surface area contributed by atoms with Gasteiger partial charge in [0.25, 0.3) is 0 Å². The number of imidazole rings is 1. The van der Waals surface area contributed by atoms with Gasteiger partial charge in [0, 0.05) is 30.6 Å². The van der Waals surface area contributed by atoms with Crippen LogP contribution in [0.1, 0.15) is 43.1 Å². The number of ether oxygens (including phenoxy) is 2. The maximum Gasteiger partial charge on any atom is 0.127 e. The second-order valence-corrected chi connectivity index (χ2v) is 8.96. The lowest BCUT2D eigenvalue weighted by molar-refractivity contribution is -0.0465. The predicted molar refractivity (Wildman–Crippen MR) is 117 cm³/mol. The Kier molecular flexibility index (Phi) is 4.61. The van der Waals surface area contributed by atoms with Crippen LogP contribution in [0.15, 0.2) is 36.4 Å². The summed E-state index contributed by atoms with van der Waals surface area (Å²) in [6.07, 6.45) is 2.59. The SMILES string of the molecule is CC1CN(C2COc3cc(F)ccc3C2Nc2cccc3[nH]c(C4CC4)nc23)CCO1. The quantitative estimate of drug-likeness (QED) is 0.659. The van der Waals surface area contributed by atoms with E-state index in [2.05, 4.69) is 40.3 Å². The number of morpholine rings is 1. The highest BCUT2D eigenvalue weighted by atomic mass is 19.1. The maximum atomic E-state index is 13.9. The molecule has 3 atom stereocenters. The van der Waals surface area contributed by atoms with Crippen molar-refractivity contribution in [1.29, 1.82) is 0 Å². The summed E-state index contributed by atoms with van der Waals surface area (Å²) in [6, 6.07) is 11.1. The zero-order chi connectivity index (χ0) is 20.9. The minimum Gasteiger partial charge on any atom is -0.491 e. The van der Waals surface area contributed by atoms with Crippen LogP contribution in [0.5, 0.6) is 5.75 Å². The van der Waals surface area contributed by atoms with Crippen molar-refractivity contribution in [3.05, 3.63) is 53.6 Å². The number of aromatic nitrogens is 2. The number of H-pyrrole nitrogens is 1. The first kappa shape index (κ1) is 19.1. The van der Waals surface area contributed by atoms with Gasteiger partial charge in [0.2, 0.25) is 0 Å². The van der Waals surface area contributed by atoms with Gasteiger partial charge in [0.1, 0.15) is 29.5 Å². The summed E-state index contributed by atoms with van der Waals surface area (Å²) in [6.45, 7) is 5.02. The van der Waals surface area contributed by atoms with Crippen molar-refractivity contribution in [2.24, 2.45) is 0 Å². The molecule has 2 fully saturated rings. The van der Waals surface area contributed by atoms with E-state index in [4.69, 9.17) is 14.5 Å². The number of anilines is 1. The smallest absolute Gasteiger partial charge is 0.127 e. The van der Waals surface area contributed by atoms with Crippen LogP contribution in [-0.4, -0.2) is 53.3 Å². The van der Waals surface area contributed by atoms with E-state index in [1.54, 1.807) is 0 Å².